The minimum Gasteiger partial charge on any atom is -0.318 e. The molecule has 0 spiro atoms. The first-order valence-corrected chi connectivity index (χ1v) is 11.0. The summed E-state index contributed by atoms with van der Waals surface area (Å²) in [4.78, 5) is 17.0. The third-order valence-electron chi connectivity index (χ3n) is 5.27. The molecule has 170 valence electrons. The quantitative estimate of drug-likeness (QED) is 0.283. The third-order valence-corrected chi connectivity index (χ3v) is 6.29. The number of benzene rings is 1. The second kappa shape index (κ2) is 8.86. The number of thioether (sulfide) groups is 1. The van der Waals surface area contributed by atoms with Gasteiger partial charge >= 0.3 is 6.18 Å². The Balaban J connectivity index is 1.55. The molecule has 6 nitrogen and oxygen atoms in total. The number of ketones is 1. The first-order valence-electron chi connectivity index (χ1n) is 9.99. The number of carbonyl (C=O) groups is 1. The number of pyridine rings is 1. The van der Waals surface area contributed by atoms with Gasteiger partial charge in [-0.2, -0.15) is 13.2 Å². The molecule has 0 bridgehead atoms. The Morgan fingerprint density at radius 3 is 2.48 bits per heavy atom. The molecule has 0 aliphatic rings. The van der Waals surface area contributed by atoms with Crippen molar-refractivity contribution in [3.05, 3.63) is 77.4 Å². The van der Waals surface area contributed by atoms with Gasteiger partial charge in [0, 0.05) is 47.6 Å². The van der Waals surface area contributed by atoms with Gasteiger partial charge < -0.3 is 9.13 Å². The SMILES string of the molecule is Cc1cc(C(=O)CSc2nnc(-c3ccncc3)n2C)c(C)n1-c1cccc(C(F)(F)F)c1. The molecule has 0 fully saturated rings. The van der Waals surface area contributed by atoms with Crippen LogP contribution in [0.3, 0.4) is 0 Å². The monoisotopic (exact) mass is 471 g/mol. The highest BCUT2D eigenvalue weighted by Gasteiger charge is 2.31. The Kier molecular flexibility index (Phi) is 6.11. The molecule has 3 aromatic heterocycles. The van der Waals surface area contributed by atoms with E-state index in [9.17, 15) is 18.0 Å². The summed E-state index contributed by atoms with van der Waals surface area (Å²) in [5.41, 5.74) is 2.23. The van der Waals surface area contributed by atoms with E-state index in [1.54, 1.807) is 47.5 Å². The molecule has 0 amide bonds. The number of hydrogen-bond acceptors (Lipinski definition) is 5. The molecule has 0 N–H and O–H groups in total. The van der Waals surface area contributed by atoms with Crippen LogP contribution < -0.4 is 0 Å². The number of Topliss-reactive ketones (excluding diaryl/α,β-unsaturated/α-hetero) is 1. The third kappa shape index (κ3) is 4.56. The Morgan fingerprint density at radius 1 is 1.06 bits per heavy atom. The number of nitrogens with zero attached hydrogens (tertiary/aromatic N) is 5. The summed E-state index contributed by atoms with van der Waals surface area (Å²) in [6.45, 7) is 3.50. The maximum Gasteiger partial charge on any atom is 0.416 e. The van der Waals surface area contributed by atoms with Gasteiger partial charge in [0.05, 0.1) is 11.3 Å². The van der Waals surface area contributed by atoms with E-state index in [0.717, 1.165) is 17.7 Å². The van der Waals surface area contributed by atoms with Gasteiger partial charge in [-0.25, -0.2) is 0 Å². The van der Waals surface area contributed by atoms with Gasteiger partial charge in [-0.3, -0.25) is 9.78 Å². The van der Waals surface area contributed by atoms with Gasteiger partial charge in [-0.1, -0.05) is 17.8 Å². The largest absolute Gasteiger partial charge is 0.416 e. The van der Waals surface area contributed by atoms with Crippen LogP contribution in [0.2, 0.25) is 0 Å². The second-order valence-electron chi connectivity index (χ2n) is 7.48. The Morgan fingerprint density at radius 2 is 1.79 bits per heavy atom. The fourth-order valence-electron chi connectivity index (χ4n) is 3.66. The van der Waals surface area contributed by atoms with Gasteiger partial charge in [-0.15, -0.1) is 10.2 Å². The van der Waals surface area contributed by atoms with E-state index in [0.29, 0.717) is 33.6 Å². The second-order valence-corrected chi connectivity index (χ2v) is 8.42. The van der Waals surface area contributed by atoms with Crippen LogP contribution in [0.4, 0.5) is 13.2 Å². The molecular formula is C23H20F3N5OS. The molecule has 33 heavy (non-hydrogen) atoms. The molecule has 0 atom stereocenters. The molecule has 0 aliphatic carbocycles. The fraction of sp³-hybridized carbons (Fsp3) is 0.217. The van der Waals surface area contributed by atoms with Crippen LogP contribution in [0.15, 0.2) is 60.0 Å². The van der Waals surface area contributed by atoms with E-state index in [1.807, 2.05) is 19.2 Å². The molecule has 0 unspecified atom stereocenters. The van der Waals surface area contributed by atoms with Crippen molar-refractivity contribution in [2.45, 2.75) is 25.2 Å². The minimum absolute atomic E-state index is 0.120. The van der Waals surface area contributed by atoms with Crippen molar-refractivity contribution in [2.75, 3.05) is 5.75 Å². The topological polar surface area (TPSA) is 65.6 Å². The van der Waals surface area contributed by atoms with Crippen molar-refractivity contribution in [3.63, 3.8) is 0 Å². The van der Waals surface area contributed by atoms with Crippen LogP contribution in [0.25, 0.3) is 17.1 Å². The lowest BCUT2D eigenvalue weighted by Crippen LogP contribution is -2.08. The van der Waals surface area contributed by atoms with E-state index in [1.165, 1.54) is 17.8 Å². The summed E-state index contributed by atoms with van der Waals surface area (Å²) in [7, 11) is 1.82. The van der Waals surface area contributed by atoms with Crippen molar-refractivity contribution in [1.82, 2.24) is 24.3 Å². The van der Waals surface area contributed by atoms with Crippen molar-refractivity contribution in [1.29, 1.82) is 0 Å². The molecule has 4 aromatic rings. The number of rotatable bonds is 6. The molecule has 0 radical (unpaired) electrons. The summed E-state index contributed by atoms with van der Waals surface area (Å²) >= 11 is 1.26. The van der Waals surface area contributed by atoms with E-state index < -0.39 is 11.7 Å². The summed E-state index contributed by atoms with van der Waals surface area (Å²) in [5, 5.41) is 8.96. The molecule has 0 saturated heterocycles. The highest BCUT2D eigenvalue weighted by Crippen LogP contribution is 2.32. The van der Waals surface area contributed by atoms with E-state index >= 15 is 0 Å². The van der Waals surface area contributed by atoms with Crippen LogP contribution in [-0.4, -0.2) is 35.9 Å². The molecule has 0 aliphatic heterocycles. The van der Waals surface area contributed by atoms with Crippen molar-refractivity contribution >= 4 is 17.5 Å². The molecular weight excluding hydrogens is 451 g/mol. The summed E-state index contributed by atoms with van der Waals surface area (Å²) in [6, 6.07) is 10.4. The standard InChI is InChI=1S/C23H20F3N5OS/c1-14-11-19(15(2)31(14)18-6-4-5-17(12-18)23(24,25)26)20(32)13-33-22-29-28-21(30(22)3)16-7-9-27-10-8-16/h4-12H,13H2,1-3H3. The number of carbonyl (C=O) groups excluding carboxylic acids is 1. The van der Waals surface area contributed by atoms with E-state index in [-0.39, 0.29) is 11.5 Å². The predicted molar refractivity (Wildman–Crippen MR) is 120 cm³/mol. The summed E-state index contributed by atoms with van der Waals surface area (Å²) in [5.74, 6) is 0.643. The minimum atomic E-state index is -4.44. The molecule has 1 aromatic carbocycles. The number of halogens is 3. The number of aryl methyl sites for hydroxylation is 1. The van der Waals surface area contributed by atoms with Gasteiger partial charge in [-0.05, 0) is 50.2 Å². The van der Waals surface area contributed by atoms with E-state index in [4.69, 9.17) is 0 Å². The zero-order valence-corrected chi connectivity index (χ0v) is 18.9. The van der Waals surface area contributed by atoms with E-state index in [2.05, 4.69) is 15.2 Å². The summed E-state index contributed by atoms with van der Waals surface area (Å²) < 4.78 is 42.9. The first-order chi connectivity index (χ1) is 15.7. The lowest BCUT2D eigenvalue weighted by atomic mass is 10.1. The summed E-state index contributed by atoms with van der Waals surface area (Å²) in [6.07, 6.45) is -1.10. The van der Waals surface area contributed by atoms with Crippen molar-refractivity contribution in [2.24, 2.45) is 7.05 Å². The zero-order valence-electron chi connectivity index (χ0n) is 18.1. The van der Waals surface area contributed by atoms with Gasteiger partial charge in [0.15, 0.2) is 16.8 Å². The van der Waals surface area contributed by atoms with Gasteiger partial charge in [0.1, 0.15) is 0 Å². The molecule has 10 heteroatoms. The maximum atomic E-state index is 13.1. The highest BCUT2D eigenvalue weighted by atomic mass is 32.2. The Bertz CT molecular complexity index is 1310. The van der Waals surface area contributed by atoms with Crippen molar-refractivity contribution in [3.8, 4) is 17.1 Å². The molecule has 3 heterocycles. The lowest BCUT2D eigenvalue weighted by Gasteiger charge is -2.13. The average molecular weight is 472 g/mol. The van der Waals surface area contributed by atoms with Crippen molar-refractivity contribution < 1.29 is 18.0 Å². The van der Waals surface area contributed by atoms with Gasteiger partial charge in [0.2, 0.25) is 0 Å². The average Bonchev–Trinajstić information content (AvgIpc) is 3.30. The highest BCUT2D eigenvalue weighted by molar-refractivity contribution is 7.99. The van der Waals surface area contributed by atoms with Crippen LogP contribution >= 0.6 is 11.8 Å². The van der Waals surface area contributed by atoms with Crippen LogP contribution in [0, 0.1) is 13.8 Å². The smallest absolute Gasteiger partial charge is 0.318 e. The van der Waals surface area contributed by atoms with Crippen LogP contribution in [0.5, 0.6) is 0 Å². The van der Waals surface area contributed by atoms with Crippen LogP contribution in [-0.2, 0) is 13.2 Å². The number of aromatic nitrogens is 5. The van der Waals surface area contributed by atoms with Crippen LogP contribution in [0.1, 0.15) is 27.3 Å². The van der Waals surface area contributed by atoms with Gasteiger partial charge in [0.25, 0.3) is 0 Å². The predicted octanol–water partition coefficient (Wildman–Crippen LogP) is 5.28. The first kappa shape index (κ1) is 22.8. The normalized spacial score (nSPS) is 11.7. The molecule has 0 saturated carbocycles. The Hall–Kier alpha value is -3.40. The Labute approximate surface area is 192 Å². The number of hydrogen-bond donors (Lipinski definition) is 0. The molecule has 4 rings (SSSR count). The lowest BCUT2D eigenvalue weighted by molar-refractivity contribution is -0.137. The fourth-order valence-corrected chi connectivity index (χ4v) is 4.46. The maximum absolute atomic E-state index is 13.1. The zero-order chi connectivity index (χ0) is 23.8. The number of alkyl halides is 3.